The molecule has 2 heterocycles. The van der Waals surface area contributed by atoms with Crippen LogP contribution in [-0.2, 0) is 5.41 Å². The first-order valence-corrected chi connectivity index (χ1v) is 27.5. The predicted molar refractivity (Wildman–Crippen MR) is 308 cm³/mol. The van der Waals surface area contributed by atoms with Gasteiger partial charge in [-0.3, -0.25) is 0 Å². The second-order valence-corrected chi connectivity index (χ2v) is 21.3. The first-order chi connectivity index (χ1) is 35.9. The Morgan fingerprint density at radius 1 is 0.356 bits per heavy atom. The fourth-order valence-electron chi connectivity index (χ4n) is 12.5. The molecule has 0 radical (unpaired) electrons. The molecule has 3 aliphatic rings. The number of hydrogen-bond donors (Lipinski definition) is 0. The maximum atomic E-state index is 6.82. The fourth-order valence-corrected chi connectivity index (χ4v) is 12.5. The van der Waals surface area contributed by atoms with Gasteiger partial charge in [-0.15, -0.1) is 0 Å². The molecule has 0 spiro atoms. The minimum atomic E-state index is -0.126. The molecule has 9 aromatic carbocycles. The number of hydrogen-bond acceptors (Lipinski definition) is 4. The molecule has 4 heteroatoms. The number of nitrogens with zero attached hydrogens (tertiary/aromatic N) is 2. The van der Waals surface area contributed by atoms with Crippen molar-refractivity contribution < 1.29 is 9.47 Å². The summed E-state index contributed by atoms with van der Waals surface area (Å²) in [5, 5.41) is 5.55. The maximum absolute atomic E-state index is 6.82. The summed E-state index contributed by atoms with van der Waals surface area (Å²) in [7, 11) is 0. The Morgan fingerprint density at radius 2 is 0.753 bits per heavy atom. The number of ether oxygens (including phenoxy) is 2. The third-order valence-electron chi connectivity index (χ3n) is 16.3. The number of fused-ring (bicyclic) bond motifs is 4. The minimum Gasteiger partial charge on any atom is -0.453 e. The second-order valence-electron chi connectivity index (χ2n) is 21.3. The molecule has 2 aliphatic heterocycles. The van der Waals surface area contributed by atoms with Crippen LogP contribution in [0.3, 0.4) is 0 Å². The quantitative estimate of drug-likeness (QED) is 0.0632. The topological polar surface area (TPSA) is 24.9 Å². The van der Waals surface area contributed by atoms with Crippen LogP contribution in [-0.4, -0.2) is 0 Å². The van der Waals surface area contributed by atoms with E-state index in [2.05, 4.69) is 207 Å². The van der Waals surface area contributed by atoms with E-state index in [0.29, 0.717) is 0 Å². The van der Waals surface area contributed by atoms with Crippen molar-refractivity contribution in [1.29, 1.82) is 0 Å². The second kappa shape index (κ2) is 20.0. The van der Waals surface area contributed by atoms with Gasteiger partial charge in [0.15, 0.2) is 23.0 Å². The lowest BCUT2D eigenvalue weighted by molar-refractivity contribution is 0.399. The first-order valence-electron chi connectivity index (χ1n) is 27.5. The van der Waals surface area contributed by atoms with Gasteiger partial charge in [-0.05, 0) is 179 Å². The number of aryl methyl sites for hydroxylation is 2. The standard InChI is InChI=1S/C69H68N2O2/c1-5-7-9-11-13-19-39-69(40-20-14-12-10-8-6-2)57-43-53(49-31-37-61-65(45-49)72-63-23-17-15-21-59(63)70(61)55-33-25-47(3)26-34-55)41-51-29-30-52-42-54(44-58(69)68(52)67(51)57)50-32-38-62-66(46-50)73-64-24-18-16-22-60(64)71(62)56-35-27-48(4)28-36-56/h15-18,21-38,41-46H,5-14,19-20,39-40H2,1-4H3. The van der Waals surface area contributed by atoms with Crippen molar-refractivity contribution in [1.82, 2.24) is 0 Å². The zero-order chi connectivity index (χ0) is 49.5. The molecule has 1 aliphatic carbocycles. The molecule has 0 saturated heterocycles. The van der Waals surface area contributed by atoms with E-state index in [1.165, 1.54) is 143 Å². The zero-order valence-corrected chi connectivity index (χ0v) is 43.3. The van der Waals surface area contributed by atoms with Crippen LogP contribution in [0.2, 0.25) is 0 Å². The molecule has 4 nitrogen and oxygen atoms in total. The molecule has 0 unspecified atom stereocenters. The van der Waals surface area contributed by atoms with Crippen molar-refractivity contribution in [2.45, 2.75) is 123 Å². The lowest BCUT2D eigenvalue weighted by atomic mass is 9.69. The summed E-state index contributed by atoms with van der Waals surface area (Å²) in [5.74, 6) is 3.49. The van der Waals surface area contributed by atoms with Crippen molar-refractivity contribution in [2.75, 3.05) is 9.80 Å². The number of benzene rings is 9. The highest BCUT2D eigenvalue weighted by Crippen LogP contribution is 2.58. The molecule has 0 bridgehead atoms. The van der Waals surface area contributed by atoms with Gasteiger partial charge in [0.2, 0.25) is 0 Å². The van der Waals surface area contributed by atoms with E-state index in [4.69, 9.17) is 9.47 Å². The van der Waals surface area contributed by atoms with E-state index in [1.807, 2.05) is 0 Å². The summed E-state index contributed by atoms with van der Waals surface area (Å²) in [6.45, 7) is 8.94. The van der Waals surface area contributed by atoms with Crippen LogP contribution in [0.4, 0.5) is 34.1 Å². The van der Waals surface area contributed by atoms with Gasteiger partial charge in [0.25, 0.3) is 0 Å². The number of rotatable bonds is 18. The summed E-state index contributed by atoms with van der Waals surface area (Å²) in [6, 6.07) is 63.2. The monoisotopic (exact) mass is 957 g/mol. The molecular weight excluding hydrogens is 889 g/mol. The molecule has 9 aromatic rings. The lowest BCUT2D eigenvalue weighted by Crippen LogP contribution is -2.26. The van der Waals surface area contributed by atoms with E-state index >= 15 is 0 Å². The van der Waals surface area contributed by atoms with E-state index in [9.17, 15) is 0 Å². The van der Waals surface area contributed by atoms with Gasteiger partial charge < -0.3 is 19.3 Å². The Morgan fingerprint density at radius 3 is 1.19 bits per heavy atom. The summed E-state index contributed by atoms with van der Waals surface area (Å²) in [6.07, 6.45) is 17.7. The van der Waals surface area contributed by atoms with Crippen LogP contribution < -0.4 is 19.3 Å². The Hall–Kier alpha value is -7.30. The van der Waals surface area contributed by atoms with Gasteiger partial charge in [-0.25, -0.2) is 0 Å². The van der Waals surface area contributed by atoms with Gasteiger partial charge >= 0.3 is 0 Å². The summed E-state index contributed by atoms with van der Waals surface area (Å²) in [5.41, 5.74) is 16.7. The third kappa shape index (κ3) is 8.63. The molecule has 0 aromatic heterocycles. The molecular formula is C69H68N2O2. The fraction of sp³-hybridized carbons (Fsp3) is 0.275. The van der Waals surface area contributed by atoms with Crippen molar-refractivity contribution in [2.24, 2.45) is 0 Å². The summed E-state index contributed by atoms with van der Waals surface area (Å²) in [4.78, 5) is 4.70. The largest absolute Gasteiger partial charge is 0.453 e. The normalized spacial score (nSPS) is 13.7. The number of anilines is 6. The zero-order valence-electron chi connectivity index (χ0n) is 43.3. The average Bonchev–Trinajstić information content (AvgIpc) is 3.70. The Labute approximate surface area is 433 Å². The molecule has 0 fully saturated rings. The Bertz CT molecular complexity index is 3250. The van der Waals surface area contributed by atoms with Crippen molar-refractivity contribution >= 4 is 55.7 Å². The smallest absolute Gasteiger partial charge is 0.152 e. The predicted octanol–water partition coefficient (Wildman–Crippen LogP) is 21.2. The van der Waals surface area contributed by atoms with E-state index in [0.717, 1.165) is 70.0 Å². The van der Waals surface area contributed by atoms with Gasteiger partial charge in [0, 0.05) is 16.8 Å². The maximum Gasteiger partial charge on any atom is 0.152 e. The molecule has 0 saturated carbocycles. The molecule has 73 heavy (non-hydrogen) atoms. The lowest BCUT2D eigenvalue weighted by Gasteiger charge is -2.34. The van der Waals surface area contributed by atoms with E-state index in [1.54, 1.807) is 0 Å². The highest BCUT2D eigenvalue weighted by atomic mass is 16.5. The number of unbranched alkanes of at least 4 members (excludes halogenated alkanes) is 10. The van der Waals surface area contributed by atoms with Crippen molar-refractivity contribution in [3.63, 3.8) is 0 Å². The van der Waals surface area contributed by atoms with Gasteiger partial charge in [0.05, 0.1) is 22.7 Å². The first kappa shape index (κ1) is 46.8. The molecule has 12 rings (SSSR count). The Balaban J connectivity index is 0.983. The molecule has 0 amide bonds. The van der Waals surface area contributed by atoms with Crippen LogP contribution in [0.15, 0.2) is 170 Å². The van der Waals surface area contributed by atoms with E-state index < -0.39 is 0 Å². The van der Waals surface area contributed by atoms with Crippen molar-refractivity contribution in [3.8, 4) is 45.3 Å². The van der Waals surface area contributed by atoms with Gasteiger partial charge in [-0.1, -0.05) is 175 Å². The molecule has 366 valence electrons. The van der Waals surface area contributed by atoms with Gasteiger partial charge in [0.1, 0.15) is 0 Å². The van der Waals surface area contributed by atoms with Gasteiger partial charge in [-0.2, -0.15) is 0 Å². The van der Waals surface area contributed by atoms with Crippen molar-refractivity contribution in [3.05, 3.63) is 192 Å². The number of para-hydroxylation sites is 4. The minimum absolute atomic E-state index is 0.126. The summed E-state index contributed by atoms with van der Waals surface area (Å²) >= 11 is 0. The highest BCUT2D eigenvalue weighted by Gasteiger charge is 2.42. The highest BCUT2D eigenvalue weighted by molar-refractivity contribution is 6.17. The molecule has 0 atom stereocenters. The van der Waals surface area contributed by atoms with Crippen LogP contribution in [0.25, 0.3) is 43.8 Å². The van der Waals surface area contributed by atoms with Crippen LogP contribution in [0.5, 0.6) is 23.0 Å². The third-order valence-corrected chi connectivity index (χ3v) is 16.3. The van der Waals surface area contributed by atoms with Crippen LogP contribution in [0.1, 0.15) is 126 Å². The average molecular weight is 957 g/mol. The van der Waals surface area contributed by atoms with E-state index in [-0.39, 0.29) is 5.41 Å². The van der Waals surface area contributed by atoms with Crippen LogP contribution in [0, 0.1) is 13.8 Å². The summed E-state index contributed by atoms with van der Waals surface area (Å²) < 4.78 is 13.6. The van der Waals surface area contributed by atoms with Crippen LogP contribution >= 0.6 is 0 Å². The SMILES string of the molecule is CCCCCCCCC1(CCCCCCCC)c2cc(-c3ccc4c(c3)Oc3ccccc3N4c3ccc(C)cc3)cc3ccc4cc(-c5ccc6c(c5)Oc5ccccc5N6c5ccc(C)cc5)cc1c4c23. The Kier molecular flexibility index (Phi) is 12.8. The molecule has 0 N–H and O–H groups in total.